The molecule has 2 N–H and O–H groups in total. The molecule has 106 valence electrons. The number of halogens is 1. The average molecular weight is 295 g/mol. The van der Waals surface area contributed by atoms with Crippen molar-refractivity contribution in [2.24, 2.45) is 0 Å². The van der Waals surface area contributed by atoms with E-state index in [0.717, 1.165) is 10.9 Å². The number of aromatic nitrogens is 1. The minimum absolute atomic E-state index is 0.0579. The monoisotopic (exact) mass is 294 g/mol. The fraction of sp³-hybridized carbons (Fsp3) is 0.286. The Labute approximate surface area is 121 Å². The van der Waals surface area contributed by atoms with Gasteiger partial charge in [0, 0.05) is 29.7 Å². The Balaban J connectivity index is 1.93. The fourth-order valence-electron chi connectivity index (χ4n) is 1.97. The van der Waals surface area contributed by atoms with Gasteiger partial charge >= 0.3 is 5.97 Å². The molecular formula is C14H15ClN2O3. The Kier molecular flexibility index (Phi) is 4.63. The Morgan fingerprint density at radius 2 is 2.10 bits per heavy atom. The number of hydrogen-bond acceptors (Lipinski definition) is 2. The van der Waals surface area contributed by atoms with Gasteiger partial charge in [0.25, 0.3) is 0 Å². The summed E-state index contributed by atoms with van der Waals surface area (Å²) in [7, 11) is 0. The van der Waals surface area contributed by atoms with Gasteiger partial charge in [0.2, 0.25) is 5.91 Å². The molecule has 0 aliphatic heterocycles. The van der Waals surface area contributed by atoms with E-state index >= 15 is 0 Å². The number of carbonyl (C=O) groups is 2. The van der Waals surface area contributed by atoms with Crippen LogP contribution in [0.2, 0.25) is 5.02 Å². The van der Waals surface area contributed by atoms with E-state index in [1.807, 2.05) is 29.0 Å². The smallest absolute Gasteiger partial charge is 0.303 e. The molecule has 0 unspecified atom stereocenters. The first-order valence-electron chi connectivity index (χ1n) is 6.29. The van der Waals surface area contributed by atoms with Crippen molar-refractivity contribution < 1.29 is 14.7 Å². The summed E-state index contributed by atoms with van der Waals surface area (Å²) >= 11 is 5.95. The Hall–Kier alpha value is -2.01. The third kappa shape index (κ3) is 3.74. The van der Waals surface area contributed by atoms with Crippen LogP contribution >= 0.6 is 11.6 Å². The standard InChI is InChI=1S/C14H15ClN2O3/c15-11-4-3-10-5-7-17(12(10)8-11)9-13(18)16-6-1-2-14(19)20/h3-5,7-8H,1-2,6,9H2,(H,16,18)(H,19,20). The average Bonchev–Trinajstić information content (AvgIpc) is 2.77. The second-order valence-corrected chi connectivity index (χ2v) is 4.93. The van der Waals surface area contributed by atoms with Crippen LogP contribution in [0.4, 0.5) is 0 Å². The number of carboxylic acids is 1. The number of amides is 1. The summed E-state index contributed by atoms with van der Waals surface area (Å²) in [6.45, 7) is 0.558. The van der Waals surface area contributed by atoms with Gasteiger partial charge in [-0.15, -0.1) is 0 Å². The van der Waals surface area contributed by atoms with Crippen LogP contribution in [0.1, 0.15) is 12.8 Å². The second kappa shape index (κ2) is 6.43. The lowest BCUT2D eigenvalue weighted by Crippen LogP contribution is -2.28. The summed E-state index contributed by atoms with van der Waals surface area (Å²) in [6, 6.07) is 7.44. The maximum Gasteiger partial charge on any atom is 0.303 e. The topological polar surface area (TPSA) is 71.3 Å². The molecule has 0 aliphatic carbocycles. The van der Waals surface area contributed by atoms with Gasteiger partial charge < -0.3 is 15.0 Å². The molecule has 6 heteroatoms. The Morgan fingerprint density at radius 1 is 1.30 bits per heavy atom. The lowest BCUT2D eigenvalue weighted by Gasteiger charge is -2.07. The molecule has 1 amide bonds. The Morgan fingerprint density at radius 3 is 2.85 bits per heavy atom. The number of rotatable bonds is 6. The number of carboxylic acid groups (broad SMARTS) is 1. The van der Waals surface area contributed by atoms with Gasteiger partial charge in [-0.05, 0) is 30.0 Å². The van der Waals surface area contributed by atoms with Gasteiger partial charge in [0.05, 0.1) is 0 Å². The van der Waals surface area contributed by atoms with Crippen molar-refractivity contribution in [3.05, 3.63) is 35.5 Å². The van der Waals surface area contributed by atoms with E-state index in [2.05, 4.69) is 5.32 Å². The minimum atomic E-state index is -0.856. The molecule has 0 saturated carbocycles. The zero-order chi connectivity index (χ0) is 14.5. The number of nitrogens with one attached hydrogen (secondary N) is 1. The molecule has 0 aliphatic rings. The quantitative estimate of drug-likeness (QED) is 0.803. The third-order valence-electron chi connectivity index (χ3n) is 2.94. The first-order valence-corrected chi connectivity index (χ1v) is 6.67. The highest BCUT2D eigenvalue weighted by molar-refractivity contribution is 6.31. The van der Waals surface area contributed by atoms with E-state index in [1.165, 1.54) is 0 Å². The van der Waals surface area contributed by atoms with E-state index < -0.39 is 5.97 Å². The zero-order valence-electron chi connectivity index (χ0n) is 10.8. The number of benzene rings is 1. The van der Waals surface area contributed by atoms with Gasteiger partial charge in [-0.2, -0.15) is 0 Å². The Bertz CT molecular complexity index is 636. The van der Waals surface area contributed by atoms with Crippen LogP contribution in [-0.4, -0.2) is 28.1 Å². The summed E-state index contributed by atoms with van der Waals surface area (Å²) in [5, 5.41) is 12.8. The molecule has 20 heavy (non-hydrogen) atoms. The number of fused-ring (bicyclic) bond motifs is 1. The first kappa shape index (κ1) is 14.4. The summed E-state index contributed by atoms with van der Waals surface area (Å²) in [6.07, 6.45) is 2.32. The molecule has 2 rings (SSSR count). The van der Waals surface area contributed by atoms with Crippen LogP contribution < -0.4 is 5.32 Å². The molecule has 1 heterocycles. The first-order chi connectivity index (χ1) is 9.56. The molecule has 1 aromatic heterocycles. The van der Waals surface area contributed by atoms with E-state index in [0.29, 0.717) is 18.0 Å². The molecule has 5 nitrogen and oxygen atoms in total. The summed E-state index contributed by atoms with van der Waals surface area (Å²) in [5.41, 5.74) is 0.901. The SMILES string of the molecule is O=C(O)CCCNC(=O)Cn1ccc2ccc(Cl)cc21. The molecule has 0 radical (unpaired) electrons. The largest absolute Gasteiger partial charge is 0.481 e. The van der Waals surface area contributed by atoms with Crippen LogP contribution in [0.25, 0.3) is 10.9 Å². The number of carbonyl (C=O) groups excluding carboxylic acids is 1. The number of hydrogen-bond donors (Lipinski definition) is 2. The molecule has 1 aromatic carbocycles. The normalized spacial score (nSPS) is 10.7. The highest BCUT2D eigenvalue weighted by Crippen LogP contribution is 2.20. The fourth-order valence-corrected chi connectivity index (χ4v) is 2.14. The van der Waals surface area contributed by atoms with E-state index in [4.69, 9.17) is 16.7 Å². The van der Waals surface area contributed by atoms with Crippen molar-refractivity contribution in [2.75, 3.05) is 6.54 Å². The van der Waals surface area contributed by atoms with Crippen molar-refractivity contribution in [2.45, 2.75) is 19.4 Å². The molecule has 0 fully saturated rings. The highest BCUT2D eigenvalue weighted by Gasteiger charge is 2.06. The van der Waals surface area contributed by atoms with Crippen LogP contribution in [0.15, 0.2) is 30.5 Å². The summed E-state index contributed by atoms with van der Waals surface area (Å²) < 4.78 is 1.81. The molecule has 2 aromatic rings. The van der Waals surface area contributed by atoms with E-state index in [9.17, 15) is 9.59 Å². The van der Waals surface area contributed by atoms with Crippen LogP contribution in [0.3, 0.4) is 0 Å². The minimum Gasteiger partial charge on any atom is -0.481 e. The second-order valence-electron chi connectivity index (χ2n) is 4.49. The predicted molar refractivity (Wildman–Crippen MR) is 76.8 cm³/mol. The molecule has 0 saturated heterocycles. The van der Waals surface area contributed by atoms with Crippen LogP contribution in [0.5, 0.6) is 0 Å². The van der Waals surface area contributed by atoms with Gasteiger partial charge in [-0.1, -0.05) is 17.7 Å². The lowest BCUT2D eigenvalue weighted by atomic mass is 10.2. The van der Waals surface area contributed by atoms with Gasteiger partial charge in [0.15, 0.2) is 0 Å². The van der Waals surface area contributed by atoms with Gasteiger partial charge in [0.1, 0.15) is 6.54 Å². The highest BCUT2D eigenvalue weighted by atomic mass is 35.5. The van der Waals surface area contributed by atoms with Crippen molar-refractivity contribution >= 4 is 34.4 Å². The maximum atomic E-state index is 11.8. The van der Waals surface area contributed by atoms with Crippen LogP contribution in [0, 0.1) is 0 Å². The summed E-state index contributed by atoms with van der Waals surface area (Å²) in [4.78, 5) is 22.1. The molecule has 0 bridgehead atoms. The molecular weight excluding hydrogens is 280 g/mol. The van der Waals surface area contributed by atoms with Crippen molar-refractivity contribution in [3.63, 3.8) is 0 Å². The maximum absolute atomic E-state index is 11.8. The predicted octanol–water partition coefficient (Wildman–Crippen LogP) is 2.28. The lowest BCUT2D eigenvalue weighted by molar-refractivity contribution is -0.137. The van der Waals surface area contributed by atoms with Crippen molar-refractivity contribution in [3.8, 4) is 0 Å². The van der Waals surface area contributed by atoms with Gasteiger partial charge in [-0.3, -0.25) is 9.59 Å². The van der Waals surface area contributed by atoms with Gasteiger partial charge in [-0.25, -0.2) is 0 Å². The zero-order valence-corrected chi connectivity index (χ0v) is 11.6. The van der Waals surface area contributed by atoms with E-state index in [1.54, 1.807) is 6.07 Å². The van der Waals surface area contributed by atoms with Crippen molar-refractivity contribution in [1.82, 2.24) is 9.88 Å². The summed E-state index contributed by atoms with van der Waals surface area (Å²) in [5.74, 6) is -1.00. The van der Waals surface area contributed by atoms with Crippen LogP contribution in [-0.2, 0) is 16.1 Å². The third-order valence-corrected chi connectivity index (χ3v) is 3.17. The molecule has 0 atom stereocenters. The van der Waals surface area contributed by atoms with Crippen molar-refractivity contribution in [1.29, 1.82) is 0 Å². The molecule has 0 spiro atoms. The van der Waals surface area contributed by atoms with E-state index in [-0.39, 0.29) is 18.9 Å². The number of nitrogens with zero attached hydrogens (tertiary/aromatic N) is 1. The number of aliphatic carboxylic acids is 1.